The van der Waals surface area contributed by atoms with E-state index in [1.807, 2.05) is 6.07 Å². The zero-order valence-corrected chi connectivity index (χ0v) is 26.9. The predicted molar refractivity (Wildman–Crippen MR) is 181 cm³/mol. The molecule has 2 fully saturated rings. The number of ketones is 1. The molecule has 2 aromatic rings. The van der Waals surface area contributed by atoms with Crippen molar-refractivity contribution in [3.8, 4) is 5.88 Å². The number of para-hydroxylation sites is 1. The molecule has 0 radical (unpaired) electrons. The molecule has 9 heteroatoms. The number of aliphatic hydroxyl groups is 1. The van der Waals surface area contributed by atoms with Gasteiger partial charge in [0.25, 0.3) is 5.91 Å². The van der Waals surface area contributed by atoms with Crippen LogP contribution in [0.25, 0.3) is 5.57 Å². The van der Waals surface area contributed by atoms with Crippen LogP contribution >= 0.6 is 0 Å². The summed E-state index contributed by atoms with van der Waals surface area (Å²) in [6, 6.07) is 10.3. The number of allylic oxidation sites excluding steroid dienone is 2. The van der Waals surface area contributed by atoms with Gasteiger partial charge in [-0.05, 0) is 50.2 Å². The maximum Gasteiger partial charge on any atom is 0.281 e. The number of aromatic amines is 1. The number of amides is 1. The van der Waals surface area contributed by atoms with Gasteiger partial charge in [0.2, 0.25) is 5.78 Å². The first-order valence-electron chi connectivity index (χ1n) is 17.2. The van der Waals surface area contributed by atoms with Crippen LogP contribution in [-0.4, -0.2) is 40.6 Å². The molecule has 244 valence electrons. The number of aliphatic hydroxyl groups excluding tert-OH is 1. The molecule has 2 heterocycles. The van der Waals surface area contributed by atoms with Crippen LogP contribution in [-0.2, 0) is 9.59 Å². The molecule has 0 unspecified atom stereocenters. The number of hydrogen-bond donors (Lipinski definition) is 3. The third-order valence-corrected chi connectivity index (χ3v) is 10.0. The average molecular weight is 627 g/mol. The lowest BCUT2D eigenvalue weighted by atomic mass is 9.80. The number of H-pyrrole nitrogens is 1. The summed E-state index contributed by atoms with van der Waals surface area (Å²) in [4.78, 5) is 43.7. The van der Waals surface area contributed by atoms with E-state index >= 15 is 0 Å². The van der Waals surface area contributed by atoms with Gasteiger partial charge in [-0.15, -0.1) is 0 Å². The highest BCUT2D eigenvalue weighted by atomic mass is 16.5. The van der Waals surface area contributed by atoms with Gasteiger partial charge in [-0.3, -0.25) is 14.4 Å². The number of unbranched alkanes of at least 4 members (excludes halogenated alkanes) is 2. The number of Topliss-reactive ketones (excluding diaryl/α,β-unsaturated/α-hetero) is 1. The van der Waals surface area contributed by atoms with Gasteiger partial charge in [-0.25, -0.2) is 0 Å². The van der Waals surface area contributed by atoms with Crippen LogP contribution in [0.15, 0.2) is 63.2 Å². The summed E-state index contributed by atoms with van der Waals surface area (Å²) in [5.74, 6) is 0.909. The highest BCUT2D eigenvalue weighted by Gasteiger charge is 2.44. The molecule has 1 aromatic carbocycles. The fourth-order valence-corrected chi connectivity index (χ4v) is 7.49. The fourth-order valence-electron chi connectivity index (χ4n) is 7.49. The Labute approximate surface area is 270 Å². The molecule has 0 spiro atoms. The summed E-state index contributed by atoms with van der Waals surface area (Å²) >= 11 is 0. The van der Waals surface area contributed by atoms with Crippen molar-refractivity contribution >= 4 is 34.5 Å². The van der Waals surface area contributed by atoms with Gasteiger partial charge in [-0.1, -0.05) is 88.8 Å². The Kier molecular flexibility index (Phi) is 10.0. The lowest BCUT2D eigenvalue weighted by Crippen LogP contribution is -2.31. The van der Waals surface area contributed by atoms with Crippen LogP contribution in [0.2, 0.25) is 0 Å². The van der Waals surface area contributed by atoms with Crippen molar-refractivity contribution in [2.75, 3.05) is 23.5 Å². The SMILES string of the molecule is CC1=NN(c2ccccc2)C(=O)/C1=C1/C(=O)C(c2c(NCCCCC3CCCC3)[nH]c(OCCCCC3CCCC3)cc2=O)=C1O. The normalized spacial score (nSPS) is 20.5. The summed E-state index contributed by atoms with van der Waals surface area (Å²) in [5, 5.41) is 20.1. The molecule has 46 heavy (non-hydrogen) atoms. The van der Waals surface area contributed by atoms with E-state index in [0.29, 0.717) is 36.2 Å². The van der Waals surface area contributed by atoms with Crippen LogP contribution < -0.4 is 20.5 Å². The van der Waals surface area contributed by atoms with E-state index in [1.54, 1.807) is 31.2 Å². The van der Waals surface area contributed by atoms with Crippen molar-refractivity contribution in [1.29, 1.82) is 0 Å². The molecular formula is C37H46N4O5. The Balaban J connectivity index is 1.20. The summed E-state index contributed by atoms with van der Waals surface area (Å²) < 4.78 is 5.98. The number of pyridine rings is 1. The van der Waals surface area contributed by atoms with Crippen LogP contribution in [0.5, 0.6) is 5.88 Å². The minimum Gasteiger partial charge on any atom is -0.506 e. The van der Waals surface area contributed by atoms with E-state index in [4.69, 9.17) is 4.74 Å². The van der Waals surface area contributed by atoms with Gasteiger partial charge in [0, 0.05) is 12.6 Å². The Bertz CT molecular complexity index is 1590. The molecule has 9 nitrogen and oxygen atoms in total. The fraction of sp³-hybridized carbons (Fsp3) is 0.514. The second-order valence-corrected chi connectivity index (χ2v) is 13.3. The first kappa shape index (κ1) is 31.8. The predicted octanol–water partition coefficient (Wildman–Crippen LogP) is 7.46. The van der Waals surface area contributed by atoms with Crippen molar-refractivity contribution < 1.29 is 19.4 Å². The molecule has 0 saturated heterocycles. The number of anilines is 2. The van der Waals surface area contributed by atoms with Crippen LogP contribution in [0.3, 0.4) is 0 Å². The first-order chi connectivity index (χ1) is 22.4. The lowest BCUT2D eigenvalue weighted by Gasteiger charge is -2.25. The van der Waals surface area contributed by atoms with Crippen LogP contribution in [0.1, 0.15) is 102 Å². The summed E-state index contributed by atoms with van der Waals surface area (Å²) in [7, 11) is 0. The minimum atomic E-state index is -0.555. The minimum absolute atomic E-state index is 0.0468. The third-order valence-electron chi connectivity index (χ3n) is 10.0. The van der Waals surface area contributed by atoms with E-state index < -0.39 is 17.1 Å². The molecule has 3 aliphatic carbocycles. The lowest BCUT2D eigenvalue weighted by molar-refractivity contribution is -0.115. The highest BCUT2D eigenvalue weighted by molar-refractivity contribution is 6.45. The van der Waals surface area contributed by atoms with Crippen molar-refractivity contribution in [2.45, 2.75) is 96.8 Å². The Morgan fingerprint density at radius 3 is 2.20 bits per heavy atom. The molecule has 0 atom stereocenters. The first-order valence-corrected chi connectivity index (χ1v) is 17.2. The second kappa shape index (κ2) is 14.5. The number of nitrogens with zero attached hydrogens (tertiary/aromatic N) is 2. The van der Waals surface area contributed by atoms with Gasteiger partial charge in [0.15, 0.2) is 11.3 Å². The molecule has 2 saturated carbocycles. The van der Waals surface area contributed by atoms with Gasteiger partial charge < -0.3 is 20.1 Å². The number of hydrazone groups is 1. The topological polar surface area (TPSA) is 124 Å². The van der Waals surface area contributed by atoms with E-state index in [9.17, 15) is 19.5 Å². The monoisotopic (exact) mass is 626 g/mol. The number of carbonyl (C=O) groups is 2. The third kappa shape index (κ3) is 6.83. The summed E-state index contributed by atoms with van der Waals surface area (Å²) in [6.07, 6.45) is 17.0. The summed E-state index contributed by atoms with van der Waals surface area (Å²) in [5.41, 5.74) is 0.364. The molecule has 3 N–H and O–H groups in total. The maximum atomic E-state index is 13.6. The molecule has 4 aliphatic rings. The quantitative estimate of drug-likeness (QED) is 0.148. The maximum absolute atomic E-state index is 13.6. The number of benzene rings is 1. The van der Waals surface area contributed by atoms with Crippen molar-refractivity contribution in [3.63, 3.8) is 0 Å². The summed E-state index contributed by atoms with van der Waals surface area (Å²) in [6.45, 7) is 2.73. The standard InChI is InChI=1S/C37H46N4O5/c1-24-30(37(45)41(40-24)27-19-3-2-4-20-27)32-34(43)33(35(32)44)31-28(42)23-29(46-22-12-10-18-26-15-7-8-16-26)39-36(31)38-21-11-9-17-25-13-5-6-14-25/h2-4,19-20,23,25-26,43H,5-18,21-22H2,1H3,(H2,38,39,42)/b32-30+. The molecule has 6 rings (SSSR count). The number of rotatable bonds is 14. The number of hydrogen-bond acceptors (Lipinski definition) is 7. The zero-order chi connectivity index (χ0) is 32.0. The van der Waals surface area contributed by atoms with E-state index in [2.05, 4.69) is 15.4 Å². The van der Waals surface area contributed by atoms with E-state index in [-0.39, 0.29) is 28.0 Å². The Morgan fingerprint density at radius 2 is 1.54 bits per heavy atom. The Hall–Kier alpha value is -4.14. The molecule has 0 bridgehead atoms. The average Bonchev–Trinajstić information content (AvgIpc) is 3.83. The van der Waals surface area contributed by atoms with Gasteiger partial charge in [0.1, 0.15) is 11.6 Å². The highest BCUT2D eigenvalue weighted by Crippen LogP contribution is 2.41. The van der Waals surface area contributed by atoms with Crippen molar-refractivity contribution in [1.82, 2.24) is 4.98 Å². The van der Waals surface area contributed by atoms with E-state index in [1.165, 1.54) is 75.3 Å². The number of aromatic nitrogens is 1. The molecular weight excluding hydrogens is 580 g/mol. The second-order valence-electron chi connectivity index (χ2n) is 13.3. The Morgan fingerprint density at radius 1 is 0.891 bits per heavy atom. The van der Waals surface area contributed by atoms with Crippen LogP contribution in [0.4, 0.5) is 11.5 Å². The van der Waals surface area contributed by atoms with Gasteiger partial charge in [0.05, 0.1) is 40.3 Å². The number of ether oxygens (including phenoxy) is 1. The van der Waals surface area contributed by atoms with Gasteiger partial charge in [-0.2, -0.15) is 10.1 Å². The smallest absolute Gasteiger partial charge is 0.281 e. The number of nitrogens with one attached hydrogen (secondary N) is 2. The van der Waals surface area contributed by atoms with Crippen LogP contribution in [0, 0.1) is 11.8 Å². The number of carbonyl (C=O) groups excluding carboxylic acids is 2. The zero-order valence-electron chi connectivity index (χ0n) is 26.9. The molecule has 1 aliphatic heterocycles. The molecule has 1 aromatic heterocycles. The van der Waals surface area contributed by atoms with Crippen molar-refractivity contribution in [3.05, 3.63) is 69.1 Å². The van der Waals surface area contributed by atoms with E-state index in [0.717, 1.165) is 37.5 Å². The molecule has 1 amide bonds. The largest absolute Gasteiger partial charge is 0.506 e. The van der Waals surface area contributed by atoms with Crippen molar-refractivity contribution in [2.24, 2.45) is 16.9 Å². The van der Waals surface area contributed by atoms with Gasteiger partial charge >= 0.3 is 0 Å².